The van der Waals surface area contributed by atoms with Gasteiger partial charge in [0.2, 0.25) is 0 Å². The number of aliphatic hydroxyl groups is 1. The van der Waals surface area contributed by atoms with Gasteiger partial charge in [0.25, 0.3) is 5.91 Å². The molecule has 0 bridgehead atoms. The Balaban J connectivity index is 1.19. The molecule has 4 heteroatoms. The predicted molar refractivity (Wildman–Crippen MR) is 122 cm³/mol. The highest BCUT2D eigenvalue weighted by molar-refractivity contribution is 5.86. The van der Waals surface area contributed by atoms with Gasteiger partial charge in [-0.1, -0.05) is 73.0 Å². The largest absolute Gasteiger partial charge is 0.375 e. The van der Waals surface area contributed by atoms with Crippen LogP contribution in [0, 0.1) is 30.6 Å². The number of hydrogen-bond acceptors (Lipinski definition) is 3. The fourth-order valence-corrected chi connectivity index (χ4v) is 6.13. The van der Waals surface area contributed by atoms with Gasteiger partial charge >= 0.3 is 0 Å². The summed E-state index contributed by atoms with van der Waals surface area (Å²) in [5, 5.41) is 14.9. The summed E-state index contributed by atoms with van der Waals surface area (Å²) < 4.78 is 0. The van der Waals surface area contributed by atoms with E-state index in [2.05, 4.69) is 40.5 Å². The molecule has 2 saturated carbocycles. The van der Waals surface area contributed by atoms with Crippen molar-refractivity contribution in [2.24, 2.45) is 23.7 Å². The highest BCUT2D eigenvalue weighted by Gasteiger charge is 2.55. The molecule has 0 radical (unpaired) electrons. The predicted octanol–water partition coefficient (Wildman–Crippen LogP) is 3.87. The number of nitrogens with one attached hydrogen (secondary N) is 1. The van der Waals surface area contributed by atoms with Gasteiger partial charge in [-0.05, 0) is 48.6 Å². The average Bonchev–Trinajstić information content (AvgIpc) is 3.17. The molecule has 2 aliphatic carbocycles. The van der Waals surface area contributed by atoms with Crippen molar-refractivity contribution in [1.82, 2.24) is 10.2 Å². The first-order valence-corrected chi connectivity index (χ1v) is 11.9. The monoisotopic (exact) mass is 418 g/mol. The molecule has 4 atom stereocenters. The number of fused-ring (bicyclic) bond motifs is 1. The molecule has 3 unspecified atom stereocenters. The second kappa shape index (κ2) is 8.40. The maximum Gasteiger partial charge on any atom is 0.256 e. The topological polar surface area (TPSA) is 52.6 Å². The summed E-state index contributed by atoms with van der Waals surface area (Å²) in [7, 11) is 0. The van der Waals surface area contributed by atoms with E-state index in [0.29, 0.717) is 24.3 Å². The van der Waals surface area contributed by atoms with Crippen LogP contribution < -0.4 is 5.32 Å². The van der Waals surface area contributed by atoms with E-state index in [1.54, 1.807) is 0 Å². The summed E-state index contributed by atoms with van der Waals surface area (Å²) in [6, 6.07) is 18.5. The average molecular weight is 419 g/mol. The van der Waals surface area contributed by atoms with Crippen LogP contribution in [-0.4, -0.2) is 35.5 Å². The molecule has 5 rings (SSSR count). The van der Waals surface area contributed by atoms with Crippen LogP contribution in [0.4, 0.5) is 0 Å². The van der Waals surface area contributed by atoms with E-state index in [0.717, 1.165) is 56.4 Å². The van der Waals surface area contributed by atoms with Crippen molar-refractivity contribution in [2.45, 2.75) is 44.8 Å². The molecule has 1 aliphatic heterocycles. The Bertz CT molecular complexity index is 912. The Morgan fingerprint density at radius 1 is 1.06 bits per heavy atom. The number of likely N-dealkylation sites (tertiary alicyclic amines) is 1. The Morgan fingerprint density at radius 3 is 2.45 bits per heavy atom. The fraction of sp³-hybridized carbons (Fsp3) is 0.519. The van der Waals surface area contributed by atoms with E-state index in [1.165, 1.54) is 5.56 Å². The smallest absolute Gasteiger partial charge is 0.256 e. The normalized spacial score (nSPS) is 27.6. The lowest BCUT2D eigenvalue weighted by atomic mass is 9.79. The number of nitrogens with zero attached hydrogens (tertiary/aromatic N) is 1. The van der Waals surface area contributed by atoms with Crippen molar-refractivity contribution in [3.63, 3.8) is 0 Å². The third-order valence-corrected chi connectivity index (χ3v) is 7.94. The zero-order chi connectivity index (χ0) is 21.4. The standard InChI is InChI=1S/C27H34N2O2/c1-19-8-7-13-22(14-19)27(31,21-11-5-6-12-21)26(30)28-15-23-24-17-29(18-25(23)24)16-20-9-3-2-4-10-20/h2-4,7-10,13-14,21,23-25,31H,5-6,11-12,15-18H2,1H3,(H,28,30)/t23?,24-,25?,27?/m1/s1. The Kier molecular flexibility index (Phi) is 5.61. The van der Waals surface area contributed by atoms with E-state index in [9.17, 15) is 9.90 Å². The molecule has 1 saturated heterocycles. The lowest BCUT2D eigenvalue weighted by Crippen LogP contribution is -2.49. The van der Waals surface area contributed by atoms with Gasteiger partial charge in [0.15, 0.2) is 5.60 Å². The van der Waals surface area contributed by atoms with Gasteiger partial charge in [0.05, 0.1) is 0 Å². The van der Waals surface area contributed by atoms with Gasteiger partial charge in [-0.3, -0.25) is 9.69 Å². The van der Waals surface area contributed by atoms with E-state index in [1.807, 2.05) is 31.2 Å². The van der Waals surface area contributed by atoms with Crippen LogP contribution in [0.3, 0.4) is 0 Å². The summed E-state index contributed by atoms with van der Waals surface area (Å²) in [5.41, 5.74) is 1.79. The molecule has 2 N–H and O–H groups in total. The third-order valence-electron chi connectivity index (χ3n) is 7.94. The van der Waals surface area contributed by atoms with E-state index < -0.39 is 5.60 Å². The molecule has 3 aliphatic rings. The van der Waals surface area contributed by atoms with Gasteiger partial charge in [0, 0.05) is 32.1 Å². The van der Waals surface area contributed by atoms with Crippen LogP contribution in [0.25, 0.3) is 0 Å². The summed E-state index contributed by atoms with van der Waals surface area (Å²) in [6.07, 6.45) is 4.02. The first-order valence-electron chi connectivity index (χ1n) is 11.9. The molecular formula is C27H34N2O2. The lowest BCUT2D eigenvalue weighted by molar-refractivity contribution is -0.147. The zero-order valence-corrected chi connectivity index (χ0v) is 18.5. The molecule has 2 aromatic carbocycles. The minimum absolute atomic E-state index is 0.00867. The van der Waals surface area contributed by atoms with Crippen molar-refractivity contribution in [3.05, 3.63) is 71.3 Å². The minimum atomic E-state index is -1.41. The van der Waals surface area contributed by atoms with Crippen LogP contribution in [0.2, 0.25) is 0 Å². The van der Waals surface area contributed by atoms with E-state index >= 15 is 0 Å². The summed E-state index contributed by atoms with van der Waals surface area (Å²) >= 11 is 0. The van der Waals surface area contributed by atoms with Crippen molar-refractivity contribution in [1.29, 1.82) is 0 Å². The zero-order valence-electron chi connectivity index (χ0n) is 18.5. The van der Waals surface area contributed by atoms with Crippen LogP contribution in [0.1, 0.15) is 42.4 Å². The summed E-state index contributed by atoms with van der Waals surface area (Å²) in [4.78, 5) is 15.9. The van der Waals surface area contributed by atoms with Crippen molar-refractivity contribution in [2.75, 3.05) is 19.6 Å². The van der Waals surface area contributed by atoms with Gasteiger partial charge in [-0.15, -0.1) is 0 Å². The summed E-state index contributed by atoms with van der Waals surface area (Å²) in [5.74, 6) is 1.73. The summed E-state index contributed by atoms with van der Waals surface area (Å²) in [6.45, 7) is 5.95. The fourth-order valence-electron chi connectivity index (χ4n) is 6.13. The molecule has 4 nitrogen and oxygen atoms in total. The molecule has 3 fully saturated rings. The third kappa shape index (κ3) is 4.04. The molecule has 1 amide bonds. The maximum absolute atomic E-state index is 13.3. The van der Waals surface area contributed by atoms with Crippen molar-refractivity contribution >= 4 is 5.91 Å². The lowest BCUT2D eigenvalue weighted by Gasteiger charge is -2.33. The molecule has 0 spiro atoms. The first-order chi connectivity index (χ1) is 15.1. The van der Waals surface area contributed by atoms with Gasteiger partial charge in [-0.25, -0.2) is 0 Å². The minimum Gasteiger partial charge on any atom is -0.375 e. The highest BCUT2D eigenvalue weighted by Crippen LogP contribution is 2.51. The highest BCUT2D eigenvalue weighted by atomic mass is 16.3. The molecule has 31 heavy (non-hydrogen) atoms. The number of carbonyl (C=O) groups is 1. The molecule has 2 aromatic rings. The van der Waals surface area contributed by atoms with Gasteiger partial charge in [0.1, 0.15) is 0 Å². The number of carbonyl (C=O) groups excluding carboxylic acids is 1. The van der Waals surface area contributed by atoms with Crippen LogP contribution in [-0.2, 0) is 16.9 Å². The molecular weight excluding hydrogens is 384 g/mol. The Hall–Kier alpha value is -2.17. The van der Waals surface area contributed by atoms with Crippen LogP contribution in [0.5, 0.6) is 0 Å². The van der Waals surface area contributed by atoms with E-state index in [4.69, 9.17) is 0 Å². The number of rotatable bonds is 7. The van der Waals surface area contributed by atoms with Gasteiger partial charge < -0.3 is 10.4 Å². The number of hydrogen-bond donors (Lipinski definition) is 2. The van der Waals surface area contributed by atoms with Crippen molar-refractivity contribution in [3.8, 4) is 0 Å². The number of piperidine rings is 1. The number of benzene rings is 2. The maximum atomic E-state index is 13.3. The molecule has 0 aromatic heterocycles. The van der Waals surface area contributed by atoms with E-state index in [-0.39, 0.29) is 11.8 Å². The number of amides is 1. The quantitative estimate of drug-likeness (QED) is 0.718. The SMILES string of the molecule is Cc1cccc(C(O)(C(=O)NCC2C3CN(Cc4ccccc4)C[C@H]23)C2CCCC2)c1. The number of aryl methyl sites for hydroxylation is 1. The Morgan fingerprint density at radius 2 is 1.77 bits per heavy atom. The second-order valence-electron chi connectivity index (χ2n) is 10.00. The van der Waals surface area contributed by atoms with Crippen LogP contribution >= 0.6 is 0 Å². The van der Waals surface area contributed by atoms with Gasteiger partial charge in [-0.2, -0.15) is 0 Å². The van der Waals surface area contributed by atoms with Crippen LogP contribution in [0.15, 0.2) is 54.6 Å². The molecule has 1 heterocycles. The second-order valence-corrected chi connectivity index (χ2v) is 10.00. The molecule has 164 valence electrons. The Labute approximate surface area is 185 Å². The van der Waals surface area contributed by atoms with Crippen molar-refractivity contribution < 1.29 is 9.90 Å². The first kappa shape index (κ1) is 20.7.